The van der Waals surface area contributed by atoms with E-state index >= 15 is 0 Å². The molecule has 1 aromatic carbocycles. The monoisotopic (exact) mass is 315 g/mol. The zero-order chi connectivity index (χ0) is 16.2. The summed E-state index contributed by atoms with van der Waals surface area (Å²) in [5.41, 5.74) is 1.42. The van der Waals surface area contributed by atoms with Crippen LogP contribution in [0.3, 0.4) is 0 Å². The van der Waals surface area contributed by atoms with Gasteiger partial charge >= 0.3 is 0 Å². The molecule has 1 aromatic heterocycles. The number of rotatable bonds is 4. The Kier molecular flexibility index (Phi) is 4.53. The zero-order valence-corrected chi connectivity index (χ0v) is 12.6. The van der Waals surface area contributed by atoms with Crippen LogP contribution in [0.15, 0.2) is 30.6 Å². The molecule has 1 aliphatic heterocycles. The second-order valence-electron chi connectivity index (χ2n) is 5.80. The van der Waals surface area contributed by atoms with E-state index in [4.69, 9.17) is 5.26 Å². The molecule has 0 radical (unpaired) electrons. The van der Waals surface area contributed by atoms with Gasteiger partial charge in [-0.05, 0) is 30.7 Å². The summed E-state index contributed by atoms with van der Waals surface area (Å²) in [7, 11) is 0. The van der Waals surface area contributed by atoms with Gasteiger partial charge in [0.2, 0.25) is 0 Å². The molecule has 1 N–H and O–H groups in total. The Labute approximate surface area is 133 Å². The molecule has 23 heavy (non-hydrogen) atoms. The molecule has 2 atom stereocenters. The Bertz CT molecular complexity index is 697. The third-order valence-electron chi connectivity index (χ3n) is 4.19. The number of likely N-dealkylation sites (tertiary alicyclic amines) is 1. The summed E-state index contributed by atoms with van der Waals surface area (Å²) in [5.74, 6) is -0.0622. The van der Waals surface area contributed by atoms with Gasteiger partial charge in [-0.1, -0.05) is 6.07 Å². The minimum atomic E-state index is -0.968. The van der Waals surface area contributed by atoms with Crippen molar-refractivity contribution in [1.29, 1.82) is 5.26 Å². The van der Waals surface area contributed by atoms with Crippen molar-refractivity contribution in [1.82, 2.24) is 19.9 Å². The van der Waals surface area contributed by atoms with E-state index in [0.717, 1.165) is 12.1 Å². The lowest BCUT2D eigenvalue weighted by Gasteiger charge is -2.33. The van der Waals surface area contributed by atoms with Gasteiger partial charge in [-0.3, -0.25) is 4.90 Å². The van der Waals surface area contributed by atoms with Gasteiger partial charge in [0.25, 0.3) is 0 Å². The molecule has 2 unspecified atom stereocenters. The van der Waals surface area contributed by atoms with Gasteiger partial charge in [0.15, 0.2) is 0 Å². The van der Waals surface area contributed by atoms with Crippen LogP contribution in [0.2, 0.25) is 0 Å². The third kappa shape index (κ3) is 3.48. The number of aromatic nitrogens is 3. The number of piperidine rings is 1. The van der Waals surface area contributed by atoms with E-state index in [0.29, 0.717) is 25.2 Å². The lowest BCUT2D eigenvalue weighted by Crippen LogP contribution is -2.41. The largest absolute Gasteiger partial charge is 0.506 e. The summed E-state index contributed by atoms with van der Waals surface area (Å²) in [5, 5.41) is 26.8. The standard InChI is InChI=1S/C16H18FN5O/c17-14-11-21(8-4-13(14)3-5-18)10-12-1-2-15(16(23)9-12)22-19-6-7-20-22/h1-2,6-7,9,13-14,23H,3-4,8,10-11H2. The summed E-state index contributed by atoms with van der Waals surface area (Å²) >= 11 is 0. The van der Waals surface area contributed by atoms with E-state index in [1.165, 1.54) is 4.80 Å². The van der Waals surface area contributed by atoms with Crippen LogP contribution in [-0.4, -0.2) is 44.3 Å². The van der Waals surface area contributed by atoms with Gasteiger partial charge < -0.3 is 5.11 Å². The normalized spacial score (nSPS) is 21.9. The molecule has 7 heteroatoms. The first-order chi connectivity index (χ1) is 11.2. The first-order valence-electron chi connectivity index (χ1n) is 7.59. The molecular formula is C16H18FN5O. The fraction of sp³-hybridized carbons (Fsp3) is 0.438. The van der Waals surface area contributed by atoms with Gasteiger partial charge in [0.05, 0.1) is 18.5 Å². The number of aromatic hydroxyl groups is 1. The van der Waals surface area contributed by atoms with Crippen molar-refractivity contribution in [2.75, 3.05) is 13.1 Å². The Balaban J connectivity index is 1.65. The van der Waals surface area contributed by atoms with Crippen molar-refractivity contribution < 1.29 is 9.50 Å². The number of benzene rings is 1. The van der Waals surface area contributed by atoms with Crippen molar-refractivity contribution in [3.05, 3.63) is 36.2 Å². The third-order valence-corrected chi connectivity index (χ3v) is 4.19. The highest BCUT2D eigenvalue weighted by atomic mass is 19.1. The molecule has 1 fully saturated rings. The number of nitriles is 1. The van der Waals surface area contributed by atoms with Gasteiger partial charge in [-0.15, -0.1) is 4.80 Å². The lowest BCUT2D eigenvalue weighted by molar-refractivity contribution is 0.0821. The molecule has 0 spiro atoms. The average Bonchev–Trinajstić information content (AvgIpc) is 3.04. The summed E-state index contributed by atoms with van der Waals surface area (Å²) in [4.78, 5) is 3.36. The highest BCUT2D eigenvalue weighted by molar-refractivity contribution is 5.46. The summed E-state index contributed by atoms with van der Waals surface area (Å²) < 4.78 is 14.1. The van der Waals surface area contributed by atoms with E-state index in [-0.39, 0.29) is 18.1 Å². The van der Waals surface area contributed by atoms with Crippen LogP contribution < -0.4 is 0 Å². The molecule has 0 amide bonds. The predicted molar refractivity (Wildman–Crippen MR) is 81.5 cm³/mol. The molecular weight excluding hydrogens is 297 g/mol. The van der Waals surface area contributed by atoms with Crippen LogP contribution in [0.1, 0.15) is 18.4 Å². The van der Waals surface area contributed by atoms with Gasteiger partial charge in [0.1, 0.15) is 17.6 Å². The van der Waals surface area contributed by atoms with Crippen LogP contribution in [0.5, 0.6) is 5.75 Å². The van der Waals surface area contributed by atoms with Crippen LogP contribution >= 0.6 is 0 Å². The molecule has 120 valence electrons. The number of phenols is 1. The summed E-state index contributed by atoms with van der Waals surface area (Å²) in [6.45, 7) is 1.66. The van der Waals surface area contributed by atoms with Gasteiger partial charge in [0, 0.05) is 25.4 Å². The smallest absolute Gasteiger partial charge is 0.143 e. The minimum absolute atomic E-state index is 0.0925. The van der Waals surface area contributed by atoms with E-state index in [9.17, 15) is 9.50 Å². The van der Waals surface area contributed by atoms with Crippen molar-refractivity contribution in [3.8, 4) is 17.5 Å². The topological polar surface area (TPSA) is 78.0 Å². The fourth-order valence-corrected chi connectivity index (χ4v) is 2.94. The maximum absolute atomic E-state index is 14.1. The number of hydrogen-bond acceptors (Lipinski definition) is 5. The molecule has 0 bridgehead atoms. The van der Waals surface area contributed by atoms with Crippen molar-refractivity contribution in [2.45, 2.75) is 25.6 Å². The molecule has 0 saturated carbocycles. The molecule has 1 aliphatic rings. The summed E-state index contributed by atoms with van der Waals surface area (Å²) in [6, 6.07) is 7.35. The van der Waals surface area contributed by atoms with Crippen LogP contribution in [-0.2, 0) is 6.54 Å². The number of hydrogen-bond donors (Lipinski definition) is 1. The van der Waals surface area contributed by atoms with E-state index in [1.807, 2.05) is 11.0 Å². The molecule has 2 heterocycles. The quantitative estimate of drug-likeness (QED) is 0.934. The average molecular weight is 315 g/mol. The van der Waals surface area contributed by atoms with Crippen molar-refractivity contribution >= 4 is 0 Å². The second kappa shape index (κ2) is 6.75. The van der Waals surface area contributed by atoms with E-state index < -0.39 is 6.17 Å². The lowest BCUT2D eigenvalue weighted by atomic mass is 9.92. The Morgan fingerprint density at radius 3 is 2.78 bits per heavy atom. The number of nitrogens with zero attached hydrogens (tertiary/aromatic N) is 5. The SMILES string of the molecule is N#CCC1CCN(Cc2ccc(-n3nccn3)c(O)c2)CC1F. The molecule has 3 rings (SSSR count). The maximum atomic E-state index is 14.1. The summed E-state index contributed by atoms with van der Waals surface area (Å²) in [6.07, 6.45) is 3.09. The number of halogens is 1. The fourth-order valence-electron chi connectivity index (χ4n) is 2.94. The first kappa shape index (κ1) is 15.4. The molecule has 2 aromatic rings. The second-order valence-corrected chi connectivity index (χ2v) is 5.80. The Morgan fingerprint density at radius 2 is 2.13 bits per heavy atom. The van der Waals surface area contributed by atoms with Gasteiger partial charge in [-0.2, -0.15) is 15.5 Å². The van der Waals surface area contributed by atoms with E-state index in [2.05, 4.69) is 16.3 Å². The van der Waals surface area contributed by atoms with Gasteiger partial charge in [-0.25, -0.2) is 4.39 Å². The highest BCUT2D eigenvalue weighted by Crippen LogP contribution is 2.26. The first-order valence-corrected chi connectivity index (χ1v) is 7.59. The van der Waals surface area contributed by atoms with E-state index in [1.54, 1.807) is 24.5 Å². The Hall–Kier alpha value is -2.46. The van der Waals surface area contributed by atoms with Crippen molar-refractivity contribution in [3.63, 3.8) is 0 Å². The molecule has 0 aliphatic carbocycles. The maximum Gasteiger partial charge on any atom is 0.143 e. The van der Waals surface area contributed by atoms with Crippen LogP contribution in [0, 0.1) is 17.2 Å². The zero-order valence-electron chi connectivity index (χ0n) is 12.6. The van der Waals surface area contributed by atoms with Crippen LogP contribution in [0.4, 0.5) is 4.39 Å². The van der Waals surface area contributed by atoms with Crippen molar-refractivity contribution in [2.24, 2.45) is 5.92 Å². The predicted octanol–water partition coefficient (Wildman–Crippen LogP) is 2.05. The number of alkyl halides is 1. The highest BCUT2D eigenvalue weighted by Gasteiger charge is 2.28. The van der Waals surface area contributed by atoms with Crippen LogP contribution in [0.25, 0.3) is 5.69 Å². The Morgan fingerprint density at radius 1 is 1.35 bits per heavy atom. The minimum Gasteiger partial charge on any atom is -0.506 e. The number of phenolic OH excluding ortho intramolecular Hbond substituents is 1. The molecule has 1 saturated heterocycles. The molecule has 6 nitrogen and oxygen atoms in total.